The average molecular weight is 269 g/mol. The van der Waals surface area contributed by atoms with Gasteiger partial charge in [-0.25, -0.2) is 4.98 Å². The summed E-state index contributed by atoms with van der Waals surface area (Å²) in [6.07, 6.45) is 11.2. The van der Waals surface area contributed by atoms with Crippen molar-refractivity contribution in [1.82, 2.24) is 9.55 Å². The van der Waals surface area contributed by atoms with Crippen molar-refractivity contribution < 1.29 is 0 Å². The molecule has 1 atom stereocenters. The molecule has 0 saturated heterocycles. The van der Waals surface area contributed by atoms with Crippen molar-refractivity contribution in [3.8, 4) is 0 Å². The van der Waals surface area contributed by atoms with Crippen molar-refractivity contribution in [2.75, 3.05) is 12.0 Å². The molecule has 18 heavy (non-hydrogen) atoms. The summed E-state index contributed by atoms with van der Waals surface area (Å²) in [5.41, 5.74) is 7.36. The number of hydrogen-bond acceptors (Lipinski definition) is 3. The largest absolute Gasteiger partial charge is 0.333 e. The molecule has 0 aliphatic rings. The van der Waals surface area contributed by atoms with Crippen LogP contribution in [0.5, 0.6) is 0 Å². The minimum absolute atomic E-state index is 0.101. The predicted molar refractivity (Wildman–Crippen MR) is 80.8 cm³/mol. The molecule has 1 rings (SSSR count). The molecule has 0 saturated carbocycles. The first-order valence-corrected chi connectivity index (χ1v) is 8.30. The molecular weight excluding hydrogens is 242 g/mol. The number of hydrogen-bond donors (Lipinski definition) is 1. The minimum Gasteiger partial charge on any atom is -0.333 e. The van der Waals surface area contributed by atoms with Gasteiger partial charge in [0, 0.05) is 18.8 Å². The summed E-state index contributed by atoms with van der Waals surface area (Å²) in [6, 6.07) is 0.101. The van der Waals surface area contributed by atoms with Gasteiger partial charge in [0.15, 0.2) is 0 Å². The summed E-state index contributed by atoms with van der Waals surface area (Å²) >= 11 is 1.94. The van der Waals surface area contributed by atoms with Gasteiger partial charge >= 0.3 is 0 Å². The van der Waals surface area contributed by atoms with Gasteiger partial charge in [-0.3, -0.25) is 0 Å². The fourth-order valence-electron chi connectivity index (χ4n) is 2.02. The number of rotatable bonds is 9. The molecule has 1 aromatic heterocycles. The van der Waals surface area contributed by atoms with Crippen LogP contribution < -0.4 is 5.73 Å². The first-order valence-electron chi connectivity index (χ1n) is 6.91. The van der Waals surface area contributed by atoms with Gasteiger partial charge in [-0.15, -0.1) is 0 Å². The van der Waals surface area contributed by atoms with E-state index in [-0.39, 0.29) is 6.04 Å². The maximum Gasteiger partial charge on any atom is 0.0948 e. The summed E-state index contributed by atoms with van der Waals surface area (Å²) in [4.78, 5) is 4.23. The van der Waals surface area contributed by atoms with Crippen LogP contribution in [0.25, 0.3) is 0 Å². The van der Waals surface area contributed by atoms with Crippen LogP contribution in [0.2, 0.25) is 0 Å². The van der Waals surface area contributed by atoms with Gasteiger partial charge in [-0.2, -0.15) is 11.8 Å². The van der Waals surface area contributed by atoms with Crippen LogP contribution in [-0.2, 0) is 6.54 Å². The molecule has 1 aromatic rings. The van der Waals surface area contributed by atoms with E-state index in [9.17, 15) is 0 Å². The first kappa shape index (κ1) is 15.6. The zero-order valence-corrected chi connectivity index (χ0v) is 12.7. The second-order valence-electron chi connectivity index (χ2n) is 5.19. The molecule has 4 heteroatoms. The van der Waals surface area contributed by atoms with Gasteiger partial charge in [0.25, 0.3) is 0 Å². The van der Waals surface area contributed by atoms with E-state index >= 15 is 0 Å². The Labute approximate surface area is 116 Å². The number of nitrogens with zero attached hydrogens (tertiary/aromatic N) is 2. The molecule has 0 aliphatic heterocycles. The number of aromatic nitrogens is 2. The standard InChI is InChI=1S/C14H27N3S/c1-12(2)14(15)13-10-16-11-17(13)8-6-4-5-7-9-18-3/h10-12,14H,4-9,15H2,1-3H3. The van der Waals surface area contributed by atoms with Gasteiger partial charge < -0.3 is 10.3 Å². The SMILES string of the molecule is CSCCCCCCn1cncc1C(N)C(C)C. The lowest BCUT2D eigenvalue weighted by atomic mass is 10.0. The van der Waals surface area contributed by atoms with E-state index in [1.54, 1.807) is 0 Å². The lowest BCUT2D eigenvalue weighted by molar-refractivity contribution is 0.468. The Balaban J connectivity index is 2.32. The van der Waals surface area contributed by atoms with E-state index in [1.807, 2.05) is 24.3 Å². The summed E-state index contributed by atoms with van der Waals surface area (Å²) in [5, 5.41) is 0. The highest BCUT2D eigenvalue weighted by molar-refractivity contribution is 7.98. The quantitative estimate of drug-likeness (QED) is 0.698. The van der Waals surface area contributed by atoms with E-state index in [2.05, 4.69) is 29.7 Å². The molecule has 0 bridgehead atoms. The zero-order valence-electron chi connectivity index (χ0n) is 11.9. The molecule has 0 radical (unpaired) electrons. The number of thioether (sulfide) groups is 1. The van der Waals surface area contributed by atoms with E-state index in [0.717, 1.165) is 6.54 Å². The molecule has 0 fully saturated rings. The Morgan fingerprint density at radius 2 is 2.00 bits per heavy atom. The van der Waals surface area contributed by atoms with Crippen molar-refractivity contribution in [3.05, 3.63) is 18.2 Å². The Kier molecular flexibility index (Phi) is 7.44. The number of aryl methyl sites for hydroxylation is 1. The molecule has 2 N–H and O–H groups in total. The molecule has 0 aliphatic carbocycles. The zero-order chi connectivity index (χ0) is 13.4. The van der Waals surface area contributed by atoms with E-state index in [4.69, 9.17) is 5.73 Å². The molecule has 3 nitrogen and oxygen atoms in total. The third-order valence-corrected chi connectivity index (χ3v) is 4.00. The molecule has 0 aromatic carbocycles. The van der Waals surface area contributed by atoms with Gasteiger partial charge in [-0.1, -0.05) is 26.7 Å². The monoisotopic (exact) mass is 269 g/mol. The van der Waals surface area contributed by atoms with Crippen LogP contribution in [-0.4, -0.2) is 21.6 Å². The van der Waals surface area contributed by atoms with Crippen LogP contribution in [0.4, 0.5) is 0 Å². The second kappa shape index (κ2) is 8.59. The van der Waals surface area contributed by atoms with Crippen LogP contribution in [0.3, 0.4) is 0 Å². The highest BCUT2D eigenvalue weighted by Gasteiger charge is 2.14. The molecule has 0 amide bonds. The lowest BCUT2D eigenvalue weighted by Crippen LogP contribution is -2.20. The van der Waals surface area contributed by atoms with Gasteiger partial charge in [-0.05, 0) is 30.8 Å². The molecule has 1 heterocycles. The van der Waals surface area contributed by atoms with E-state index < -0.39 is 0 Å². The van der Waals surface area contributed by atoms with Crippen molar-refractivity contribution in [3.63, 3.8) is 0 Å². The van der Waals surface area contributed by atoms with Gasteiger partial charge in [0.2, 0.25) is 0 Å². The summed E-state index contributed by atoms with van der Waals surface area (Å²) in [6.45, 7) is 5.36. The van der Waals surface area contributed by atoms with Crippen molar-refractivity contribution >= 4 is 11.8 Å². The van der Waals surface area contributed by atoms with Crippen LogP contribution in [0.15, 0.2) is 12.5 Å². The second-order valence-corrected chi connectivity index (χ2v) is 6.17. The maximum absolute atomic E-state index is 6.19. The fourth-order valence-corrected chi connectivity index (χ4v) is 2.51. The number of unbranched alkanes of at least 4 members (excludes halogenated alkanes) is 3. The Hall–Kier alpha value is -0.480. The Morgan fingerprint density at radius 3 is 2.67 bits per heavy atom. The Bertz CT molecular complexity index is 323. The molecule has 0 spiro atoms. The summed E-state index contributed by atoms with van der Waals surface area (Å²) in [5.74, 6) is 1.75. The highest BCUT2D eigenvalue weighted by atomic mass is 32.2. The van der Waals surface area contributed by atoms with Crippen LogP contribution in [0, 0.1) is 5.92 Å². The van der Waals surface area contributed by atoms with Crippen molar-refractivity contribution in [2.24, 2.45) is 11.7 Å². The lowest BCUT2D eigenvalue weighted by Gasteiger charge is -2.17. The van der Waals surface area contributed by atoms with Crippen LogP contribution >= 0.6 is 11.8 Å². The normalized spacial score (nSPS) is 13.2. The van der Waals surface area contributed by atoms with E-state index in [1.165, 1.54) is 37.1 Å². The van der Waals surface area contributed by atoms with Crippen molar-refractivity contribution in [2.45, 2.75) is 52.1 Å². The number of nitrogens with two attached hydrogens (primary N) is 1. The third kappa shape index (κ3) is 5.02. The first-order chi connectivity index (χ1) is 8.66. The van der Waals surface area contributed by atoms with Crippen LogP contribution in [0.1, 0.15) is 51.3 Å². The fraction of sp³-hybridized carbons (Fsp3) is 0.786. The third-order valence-electron chi connectivity index (χ3n) is 3.30. The molecular formula is C14H27N3S. The predicted octanol–water partition coefficient (Wildman–Crippen LogP) is 3.46. The smallest absolute Gasteiger partial charge is 0.0948 e. The molecule has 104 valence electrons. The topological polar surface area (TPSA) is 43.8 Å². The summed E-state index contributed by atoms with van der Waals surface area (Å²) < 4.78 is 2.22. The molecule has 1 unspecified atom stereocenters. The average Bonchev–Trinajstić information content (AvgIpc) is 2.80. The van der Waals surface area contributed by atoms with E-state index in [0.29, 0.717) is 5.92 Å². The van der Waals surface area contributed by atoms with Crippen molar-refractivity contribution in [1.29, 1.82) is 0 Å². The summed E-state index contributed by atoms with van der Waals surface area (Å²) in [7, 11) is 0. The van der Waals surface area contributed by atoms with Gasteiger partial charge in [0.05, 0.1) is 12.0 Å². The number of imidazole rings is 1. The highest BCUT2D eigenvalue weighted by Crippen LogP contribution is 2.19. The Morgan fingerprint density at radius 1 is 1.28 bits per heavy atom. The maximum atomic E-state index is 6.19. The van der Waals surface area contributed by atoms with Gasteiger partial charge in [0.1, 0.15) is 0 Å². The minimum atomic E-state index is 0.101.